The van der Waals surface area contributed by atoms with Crippen molar-refractivity contribution in [3.63, 3.8) is 0 Å². The summed E-state index contributed by atoms with van der Waals surface area (Å²) < 4.78 is 0. The molecule has 0 bridgehead atoms. The van der Waals surface area contributed by atoms with Gasteiger partial charge in [0.05, 0.1) is 0 Å². The molecular weight excluding hydrogens is 376 g/mol. The molecule has 0 radical (unpaired) electrons. The van der Waals surface area contributed by atoms with Crippen LogP contribution in [0.3, 0.4) is 0 Å². The van der Waals surface area contributed by atoms with E-state index in [1.54, 1.807) is 0 Å². The predicted octanol–water partition coefficient (Wildman–Crippen LogP) is 11.7. The summed E-state index contributed by atoms with van der Waals surface area (Å²) >= 11 is 0. The molecular formula is C29H68N2. The Labute approximate surface area is 202 Å². The quantitative estimate of drug-likeness (QED) is 0.305. The van der Waals surface area contributed by atoms with Crippen LogP contribution in [0, 0.1) is 16.7 Å². The summed E-state index contributed by atoms with van der Waals surface area (Å²) in [5.74, 6) is 1.61. The van der Waals surface area contributed by atoms with Crippen molar-refractivity contribution >= 4 is 11.5 Å². The first-order chi connectivity index (χ1) is 14.3. The second-order valence-electron chi connectivity index (χ2n) is 8.55. The average molecular weight is 445 g/mol. The Morgan fingerprint density at radius 2 is 0.935 bits per heavy atom. The Hall–Kier alpha value is -0.920. The maximum absolute atomic E-state index is 4.06. The molecule has 0 fully saturated rings. The standard InChI is InChI=1S/C12H26.C7H12N2.5C2H6/c1-10(8-11(2,3)4)9-12(5,6)7;1-5-8-7(4)9-6(2)3;5*1-2/h10H,8-9H2,1-7H3;5H,1H2,2-4H3;5*1-2H3. The third-order valence-electron chi connectivity index (χ3n) is 2.59. The molecule has 0 saturated carbocycles. The molecule has 0 aromatic rings. The van der Waals surface area contributed by atoms with E-state index in [1.165, 1.54) is 19.0 Å². The lowest BCUT2D eigenvalue weighted by Crippen LogP contribution is -2.16. The Morgan fingerprint density at radius 3 is 1.10 bits per heavy atom. The maximum atomic E-state index is 4.06. The highest BCUT2D eigenvalue weighted by Crippen LogP contribution is 2.32. The molecule has 0 amide bonds. The van der Waals surface area contributed by atoms with Gasteiger partial charge in [0.25, 0.3) is 0 Å². The molecule has 2 heteroatoms. The van der Waals surface area contributed by atoms with Gasteiger partial charge in [-0.1, -0.05) is 124 Å². The molecule has 194 valence electrons. The van der Waals surface area contributed by atoms with E-state index in [-0.39, 0.29) is 0 Å². The van der Waals surface area contributed by atoms with Crippen LogP contribution in [0.1, 0.15) is 151 Å². The first-order valence-corrected chi connectivity index (χ1v) is 12.9. The zero-order valence-corrected chi connectivity index (χ0v) is 26.2. The van der Waals surface area contributed by atoms with Crippen LogP contribution in [-0.2, 0) is 0 Å². The fraction of sp³-hybridized carbons (Fsp3) is 0.862. The molecule has 0 heterocycles. The molecule has 0 spiro atoms. The highest BCUT2D eigenvalue weighted by Gasteiger charge is 2.20. The second kappa shape index (κ2) is 36.5. The molecule has 0 aliphatic rings. The number of hydrogen-bond acceptors (Lipinski definition) is 1. The van der Waals surface area contributed by atoms with Gasteiger partial charge in [0.2, 0.25) is 0 Å². The fourth-order valence-electron chi connectivity index (χ4n) is 2.65. The van der Waals surface area contributed by atoms with Gasteiger partial charge in [-0.15, -0.1) is 0 Å². The lowest BCUT2D eigenvalue weighted by molar-refractivity contribution is 0.233. The van der Waals surface area contributed by atoms with Gasteiger partial charge >= 0.3 is 0 Å². The SMILES string of the molecule is C=CN=C(C)N=C(C)C.CC.CC.CC.CC.CC.CC(CC(C)(C)C)CC(C)(C)C. The van der Waals surface area contributed by atoms with Crippen LogP contribution in [0.4, 0.5) is 0 Å². The van der Waals surface area contributed by atoms with E-state index in [2.05, 4.69) is 65.0 Å². The van der Waals surface area contributed by atoms with E-state index in [9.17, 15) is 0 Å². The Bertz CT molecular complexity index is 330. The molecule has 0 saturated heterocycles. The van der Waals surface area contributed by atoms with Gasteiger partial charge in [0, 0.05) is 11.9 Å². The molecule has 0 unspecified atom stereocenters. The summed E-state index contributed by atoms with van der Waals surface area (Å²) in [6.07, 6.45) is 4.16. The van der Waals surface area contributed by atoms with Crippen molar-refractivity contribution in [2.45, 2.75) is 151 Å². The van der Waals surface area contributed by atoms with E-state index >= 15 is 0 Å². The van der Waals surface area contributed by atoms with Crippen molar-refractivity contribution in [2.24, 2.45) is 26.7 Å². The normalized spacial score (nSPS) is 9.52. The largest absolute Gasteiger partial charge is 0.243 e. The number of aliphatic imine (C=N–C) groups is 2. The molecule has 0 aliphatic carbocycles. The van der Waals surface area contributed by atoms with Crippen molar-refractivity contribution in [3.05, 3.63) is 12.8 Å². The van der Waals surface area contributed by atoms with Crippen LogP contribution in [0.2, 0.25) is 0 Å². The van der Waals surface area contributed by atoms with Crippen molar-refractivity contribution in [3.8, 4) is 0 Å². The van der Waals surface area contributed by atoms with Crippen molar-refractivity contribution in [2.75, 3.05) is 0 Å². The Balaban J connectivity index is -0.0000000535. The van der Waals surface area contributed by atoms with Gasteiger partial charge in [-0.2, -0.15) is 0 Å². The van der Waals surface area contributed by atoms with Crippen LogP contribution in [-0.4, -0.2) is 11.5 Å². The van der Waals surface area contributed by atoms with Crippen molar-refractivity contribution in [1.82, 2.24) is 0 Å². The van der Waals surface area contributed by atoms with Crippen molar-refractivity contribution in [1.29, 1.82) is 0 Å². The molecule has 31 heavy (non-hydrogen) atoms. The monoisotopic (exact) mass is 445 g/mol. The van der Waals surface area contributed by atoms with Crippen LogP contribution >= 0.6 is 0 Å². The number of nitrogens with zero attached hydrogens (tertiary/aromatic N) is 2. The summed E-state index contributed by atoms with van der Waals surface area (Å²) in [5, 5.41) is 0. The highest BCUT2D eigenvalue weighted by molar-refractivity contribution is 5.94. The summed E-state index contributed by atoms with van der Waals surface area (Å²) in [4.78, 5) is 7.92. The summed E-state index contributed by atoms with van der Waals surface area (Å²) in [5.41, 5.74) is 1.99. The minimum atomic E-state index is 0.491. The molecule has 0 N–H and O–H groups in total. The van der Waals surface area contributed by atoms with E-state index in [0.717, 1.165) is 17.5 Å². The molecule has 0 aliphatic heterocycles. The van der Waals surface area contributed by atoms with Gasteiger partial charge in [-0.3, -0.25) is 0 Å². The Kier molecular flexibility index (Phi) is 56.2. The van der Waals surface area contributed by atoms with Crippen LogP contribution in [0.25, 0.3) is 0 Å². The van der Waals surface area contributed by atoms with Crippen LogP contribution in [0.15, 0.2) is 22.8 Å². The first kappa shape index (κ1) is 47.8. The van der Waals surface area contributed by atoms with Crippen LogP contribution in [0.5, 0.6) is 0 Å². The second-order valence-corrected chi connectivity index (χ2v) is 8.55. The predicted molar refractivity (Wildman–Crippen MR) is 156 cm³/mol. The number of amidine groups is 1. The molecule has 0 aromatic heterocycles. The lowest BCUT2D eigenvalue weighted by atomic mass is 9.78. The molecule has 0 rings (SSSR count). The third kappa shape index (κ3) is 82.5. The molecule has 0 atom stereocenters. The topological polar surface area (TPSA) is 24.7 Å². The zero-order chi connectivity index (χ0) is 27.3. The van der Waals surface area contributed by atoms with Gasteiger partial charge in [-0.25, -0.2) is 9.98 Å². The summed E-state index contributed by atoms with van der Waals surface area (Å²) in [6.45, 7) is 45.5. The smallest absolute Gasteiger partial charge is 0.125 e. The zero-order valence-electron chi connectivity index (χ0n) is 26.2. The van der Waals surface area contributed by atoms with Gasteiger partial charge in [-0.05, 0) is 50.4 Å². The fourth-order valence-corrected chi connectivity index (χ4v) is 2.65. The van der Waals surface area contributed by atoms with Crippen molar-refractivity contribution < 1.29 is 0 Å². The summed E-state index contributed by atoms with van der Waals surface area (Å²) in [7, 11) is 0. The van der Waals surface area contributed by atoms with Gasteiger partial charge < -0.3 is 0 Å². The lowest BCUT2D eigenvalue weighted by Gasteiger charge is -2.28. The van der Waals surface area contributed by atoms with Gasteiger partial charge in [0.1, 0.15) is 5.84 Å². The van der Waals surface area contributed by atoms with Gasteiger partial charge in [0.15, 0.2) is 0 Å². The average Bonchev–Trinajstić information content (AvgIpc) is 2.67. The van der Waals surface area contributed by atoms with E-state index in [4.69, 9.17) is 0 Å². The third-order valence-corrected chi connectivity index (χ3v) is 2.59. The van der Waals surface area contributed by atoms with E-state index in [0.29, 0.717) is 10.8 Å². The minimum Gasteiger partial charge on any atom is -0.243 e. The summed E-state index contributed by atoms with van der Waals surface area (Å²) in [6, 6.07) is 0. The highest BCUT2D eigenvalue weighted by atomic mass is 14.9. The van der Waals surface area contributed by atoms with E-state index < -0.39 is 0 Å². The van der Waals surface area contributed by atoms with E-state index in [1.807, 2.05) is 90.0 Å². The molecule has 0 aromatic carbocycles. The molecule has 2 nitrogen and oxygen atoms in total. The first-order valence-electron chi connectivity index (χ1n) is 12.9. The number of rotatable bonds is 3. The minimum absolute atomic E-state index is 0.491. The number of hydrogen-bond donors (Lipinski definition) is 0. The maximum Gasteiger partial charge on any atom is 0.125 e. The Morgan fingerprint density at radius 1 is 0.677 bits per heavy atom. The van der Waals surface area contributed by atoms with Crippen LogP contribution < -0.4 is 0 Å².